The lowest BCUT2D eigenvalue weighted by Crippen LogP contribution is -2.07. The number of aliphatic hydroxyl groups is 1. The summed E-state index contributed by atoms with van der Waals surface area (Å²) in [5, 5.41) is 15.7. The Bertz CT molecular complexity index is 583. The fourth-order valence-corrected chi connectivity index (χ4v) is 2.26. The lowest BCUT2D eigenvalue weighted by atomic mass is 10.1. The molecule has 0 aliphatic rings. The van der Waals surface area contributed by atoms with Gasteiger partial charge in [-0.1, -0.05) is 36.2 Å². The zero-order valence-corrected chi connectivity index (χ0v) is 13.1. The summed E-state index contributed by atoms with van der Waals surface area (Å²) in [6.45, 7) is 4.24. The van der Waals surface area contributed by atoms with E-state index in [4.69, 9.17) is 23.2 Å². The summed E-state index contributed by atoms with van der Waals surface area (Å²) in [7, 11) is 0. The molecule has 20 heavy (non-hydrogen) atoms. The number of rotatable bonds is 5. The summed E-state index contributed by atoms with van der Waals surface area (Å²) in [5.41, 5.74) is 1.61. The van der Waals surface area contributed by atoms with Crippen LogP contribution in [0.25, 0.3) is 0 Å². The Hall–Kier alpha value is -1.03. The molecule has 1 aromatic carbocycles. The van der Waals surface area contributed by atoms with E-state index in [0.29, 0.717) is 22.5 Å². The normalized spacial score (nSPS) is 14.2. The molecule has 3 nitrogen and oxygen atoms in total. The first-order valence-electron chi connectivity index (χ1n) is 6.68. The third-order valence-corrected chi connectivity index (χ3v) is 4.18. The number of aromatic nitrogens is 2. The van der Waals surface area contributed by atoms with E-state index in [-0.39, 0.29) is 0 Å². The zero-order valence-electron chi connectivity index (χ0n) is 11.6. The minimum absolute atomic E-state index is 0.367. The maximum Gasteiger partial charge on any atom is 0.0846 e. The molecule has 0 aliphatic heterocycles. The number of hydrogen-bond donors (Lipinski definition) is 1. The van der Waals surface area contributed by atoms with Crippen LogP contribution in [0.4, 0.5) is 0 Å². The van der Waals surface area contributed by atoms with Crippen LogP contribution in [0.3, 0.4) is 0 Å². The fourth-order valence-electron chi connectivity index (χ4n) is 1.95. The zero-order chi connectivity index (χ0) is 14.7. The van der Waals surface area contributed by atoms with E-state index in [1.165, 1.54) is 0 Å². The number of aliphatic hydroxyl groups excluding tert-OH is 1. The molecule has 0 radical (unpaired) electrons. The Labute approximate surface area is 129 Å². The van der Waals surface area contributed by atoms with Crippen molar-refractivity contribution >= 4 is 23.2 Å². The van der Waals surface area contributed by atoms with Crippen molar-refractivity contribution in [1.29, 1.82) is 0 Å². The summed E-state index contributed by atoms with van der Waals surface area (Å²) in [4.78, 5) is 0. The van der Waals surface area contributed by atoms with E-state index in [2.05, 4.69) is 18.9 Å². The third kappa shape index (κ3) is 3.54. The summed E-state index contributed by atoms with van der Waals surface area (Å²) < 4.78 is 1.93. The van der Waals surface area contributed by atoms with Crippen LogP contribution in [0, 0.1) is 0 Å². The molecular formula is C15H18Cl2N2O. The third-order valence-electron chi connectivity index (χ3n) is 3.44. The molecule has 108 valence electrons. The van der Waals surface area contributed by atoms with Gasteiger partial charge in [0.2, 0.25) is 0 Å². The average molecular weight is 313 g/mol. The Kier molecular flexibility index (Phi) is 5.08. The van der Waals surface area contributed by atoms with E-state index in [0.717, 1.165) is 17.7 Å². The summed E-state index contributed by atoms with van der Waals surface area (Å²) in [5.74, 6) is 0. The predicted octanol–water partition coefficient (Wildman–Crippen LogP) is 4.44. The maximum atomic E-state index is 10.2. The van der Waals surface area contributed by atoms with Gasteiger partial charge in [-0.05, 0) is 37.1 Å². The molecule has 0 aliphatic carbocycles. The molecule has 0 fully saturated rings. The summed E-state index contributed by atoms with van der Waals surface area (Å²) >= 11 is 11.8. The molecule has 2 aromatic rings. The quantitative estimate of drug-likeness (QED) is 0.886. The van der Waals surface area contributed by atoms with Crippen LogP contribution < -0.4 is 0 Å². The van der Waals surface area contributed by atoms with Gasteiger partial charge in [-0.2, -0.15) is 5.10 Å². The molecule has 1 heterocycles. The Balaban J connectivity index is 2.09. The summed E-state index contributed by atoms with van der Waals surface area (Å²) in [6, 6.07) is 7.48. The van der Waals surface area contributed by atoms with Crippen LogP contribution in [0.1, 0.15) is 43.7 Å². The van der Waals surface area contributed by atoms with E-state index in [1.807, 2.05) is 16.9 Å². The number of halogens is 2. The maximum absolute atomic E-state index is 10.2. The van der Waals surface area contributed by atoms with Gasteiger partial charge < -0.3 is 5.11 Å². The Morgan fingerprint density at radius 3 is 2.65 bits per heavy atom. The van der Waals surface area contributed by atoms with Gasteiger partial charge in [-0.25, -0.2) is 0 Å². The molecule has 5 heteroatoms. The topological polar surface area (TPSA) is 38.0 Å². The fraction of sp³-hybridized carbons (Fsp3) is 0.400. The smallest absolute Gasteiger partial charge is 0.0846 e. The highest BCUT2D eigenvalue weighted by Gasteiger charge is 2.13. The second kappa shape index (κ2) is 6.61. The van der Waals surface area contributed by atoms with Crippen molar-refractivity contribution in [1.82, 2.24) is 9.78 Å². The minimum atomic E-state index is -0.634. The van der Waals surface area contributed by atoms with Crippen LogP contribution in [0.15, 0.2) is 30.5 Å². The van der Waals surface area contributed by atoms with E-state index in [1.54, 1.807) is 18.2 Å². The Morgan fingerprint density at radius 2 is 2.00 bits per heavy atom. The molecule has 2 atom stereocenters. The van der Waals surface area contributed by atoms with Crippen molar-refractivity contribution in [3.8, 4) is 0 Å². The SMILES string of the molecule is CCC(C)n1ccc(CC(O)c2ccc(Cl)c(Cl)c2)n1. The van der Waals surface area contributed by atoms with Gasteiger partial charge in [0.05, 0.1) is 21.8 Å². The molecule has 0 saturated heterocycles. The summed E-state index contributed by atoms with van der Waals surface area (Å²) in [6.07, 6.45) is 2.80. The van der Waals surface area contributed by atoms with Gasteiger partial charge in [0.1, 0.15) is 0 Å². The molecule has 0 bridgehead atoms. The molecule has 2 unspecified atom stereocenters. The van der Waals surface area contributed by atoms with Crippen LogP contribution in [-0.4, -0.2) is 14.9 Å². The van der Waals surface area contributed by atoms with Crippen molar-refractivity contribution in [2.45, 2.75) is 38.8 Å². The van der Waals surface area contributed by atoms with Crippen LogP contribution in [0.5, 0.6) is 0 Å². The monoisotopic (exact) mass is 312 g/mol. The number of nitrogens with zero attached hydrogens (tertiary/aromatic N) is 2. The first-order valence-corrected chi connectivity index (χ1v) is 7.44. The van der Waals surface area contributed by atoms with E-state index in [9.17, 15) is 5.11 Å². The molecular weight excluding hydrogens is 295 g/mol. The molecule has 1 aromatic heterocycles. The van der Waals surface area contributed by atoms with Crippen molar-refractivity contribution in [3.05, 3.63) is 51.8 Å². The second-order valence-corrected chi connectivity index (χ2v) is 5.75. The predicted molar refractivity (Wildman–Crippen MR) is 82.4 cm³/mol. The molecule has 0 amide bonds. The highest BCUT2D eigenvalue weighted by Crippen LogP contribution is 2.27. The lowest BCUT2D eigenvalue weighted by molar-refractivity contribution is 0.177. The molecule has 1 N–H and O–H groups in total. The molecule has 0 spiro atoms. The van der Waals surface area contributed by atoms with E-state index < -0.39 is 6.10 Å². The molecule has 2 rings (SSSR count). The second-order valence-electron chi connectivity index (χ2n) is 4.94. The van der Waals surface area contributed by atoms with Crippen molar-refractivity contribution < 1.29 is 5.11 Å². The van der Waals surface area contributed by atoms with Gasteiger partial charge in [0, 0.05) is 18.7 Å². The van der Waals surface area contributed by atoms with Gasteiger partial charge >= 0.3 is 0 Å². The van der Waals surface area contributed by atoms with Gasteiger partial charge in [0.15, 0.2) is 0 Å². The highest BCUT2D eigenvalue weighted by molar-refractivity contribution is 6.42. The van der Waals surface area contributed by atoms with E-state index >= 15 is 0 Å². The van der Waals surface area contributed by atoms with Crippen molar-refractivity contribution in [2.75, 3.05) is 0 Å². The standard InChI is InChI=1S/C15H18Cl2N2O/c1-3-10(2)19-7-6-12(18-19)9-15(20)11-4-5-13(16)14(17)8-11/h4-8,10,15,20H,3,9H2,1-2H3. The van der Waals surface area contributed by atoms with Gasteiger partial charge in [-0.3, -0.25) is 4.68 Å². The first kappa shape index (κ1) is 15.4. The lowest BCUT2D eigenvalue weighted by Gasteiger charge is -2.11. The minimum Gasteiger partial charge on any atom is -0.388 e. The van der Waals surface area contributed by atoms with Crippen molar-refractivity contribution in [2.24, 2.45) is 0 Å². The average Bonchev–Trinajstić information content (AvgIpc) is 2.89. The number of hydrogen-bond acceptors (Lipinski definition) is 2. The van der Waals surface area contributed by atoms with Crippen molar-refractivity contribution in [3.63, 3.8) is 0 Å². The largest absolute Gasteiger partial charge is 0.388 e. The highest BCUT2D eigenvalue weighted by atomic mass is 35.5. The number of benzene rings is 1. The van der Waals surface area contributed by atoms with Gasteiger partial charge in [0.25, 0.3) is 0 Å². The van der Waals surface area contributed by atoms with Crippen LogP contribution in [-0.2, 0) is 6.42 Å². The molecule has 0 saturated carbocycles. The van der Waals surface area contributed by atoms with Crippen LogP contribution in [0.2, 0.25) is 10.0 Å². The first-order chi connectivity index (χ1) is 9.51. The Morgan fingerprint density at radius 1 is 1.25 bits per heavy atom. The van der Waals surface area contributed by atoms with Gasteiger partial charge in [-0.15, -0.1) is 0 Å². The van der Waals surface area contributed by atoms with Crippen LogP contribution >= 0.6 is 23.2 Å².